The van der Waals surface area contributed by atoms with Gasteiger partial charge in [-0.2, -0.15) is 26.3 Å². The summed E-state index contributed by atoms with van der Waals surface area (Å²) in [6.45, 7) is 0. The van der Waals surface area contributed by atoms with Crippen molar-refractivity contribution in [1.29, 1.82) is 0 Å². The van der Waals surface area contributed by atoms with Crippen molar-refractivity contribution in [2.45, 2.75) is 12.4 Å². The van der Waals surface area contributed by atoms with E-state index in [1.807, 2.05) is 0 Å². The van der Waals surface area contributed by atoms with Crippen molar-refractivity contribution in [3.8, 4) is 5.75 Å². The van der Waals surface area contributed by atoms with Crippen LogP contribution in [-0.4, -0.2) is 5.11 Å². The standard InChI is InChI=1S/C8H3ClF6O/c9-3-1-2-4(16)6(8(13,14)15)5(3)7(10,11)12/h1-2,16H. The molecule has 0 atom stereocenters. The zero-order valence-electron chi connectivity index (χ0n) is 7.25. The SMILES string of the molecule is Oc1ccc(Cl)c(C(F)(F)F)c1C(F)(F)F. The molecule has 1 aromatic rings. The Morgan fingerprint density at radius 2 is 1.31 bits per heavy atom. The Kier molecular flexibility index (Phi) is 3.02. The van der Waals surface area contributed by atoms with E-state index >= 15 is 0 Å². The molecular formula is C8H3ClF6O. The third-order valence-electron chi connectivity index (χ3n) is 1.70. The smallest absolute Gasteiger partial charge is 0.420 e. The Morgan fingerprint density at radius 1 is 0.875 bits per heavy atom. The van der Waals surface area contributed by atoms with Gasteiger partial charge in [0.25, 0.3) is 0 Å². The van der Waals surface area contributed by atoms with Crippen molar-refractivity contribution in [3.05, 3.63) is 28.3 Å². The average molecular weight is 265 g/mol. The first kappa shape index (κ1) is 13.0. The maximum absolute atomic E-state index is 12.3. The molecule has 0 aliphatic rings. The second-order valence-corrected chi connectivity index (χ2v) is 3.22. The first-order valence-electron chi connectivity index (χ1n) is 3.71. The zero-order valence-corrected chi connectivity index (χ0v) is 8.00. The fourth-order valence-corrected chi connectivity index (χ4v) is 1.39. The molecule has 0 unspecified atom stereocenters. The largest absolute Gasteiger partial charge is 0.507 e. The number of halogens is 7. The molecule has 90 valence electrons. The van der Waals surface area contributed by atoms with Crippen molar-refractivity contribution in [2.24, 2.45) is 0 Å². The van der Waals surface area contributed by atoms with E-state index in [2.05, 4.69) is 0 Å². The molecule has 1 aromatic carbocycles. The van der Waals surface area contributed by atoms with Crippen LogP contribution in [0.2, 0.25) is 5.02 Å². The minimum Gasteiger partial charge on any atom is -0.507 e. The number of alkyl halides is 6. The Morgan fingerprint density at radius 3 is 1.62 bits per heavy atom. The van der Waals surface area contributed by atoms with Crippen molar-refractivity contribution in [2.75, 3.05) is 0 Å². The van der Waals surface area contributed by atoms with Gasteiger partial charge < -0.3 is 5.11 Å². The van der Waals surface area contributed by atoms with E-state index in [1.165, 1.54) is 0 Å². The summed E-state index contributed by atoms with van der Waals surface area (Å²) in [5, 5.41) is 7.72. The van der Waals surface area contributed by atoms with Crippen LogP contribution in [0.4, 0.5) is 26.3 Å². The van der Waals surface area contributed by atoms with Crippen LogP contribution in [0.3, 0.4) is 0 Å². The summed E-state index contributed by atoms with van der Waals surface area (Å²) in [5.41, 5.74) is -4.26. The van der Waals surface area contributed by atoms with Crippen LogP contribution in [0.1, 0.15) is 11.1 Å². The molecule has 1 rings (SSSR count). The van der Waals surface area contributed by atoms with Gasteiger partial charge in [0.2, 0.25) is 0 Å². The summed E-state index contributed by atoms with van der Waals surface area (Å²) in [6, 6.07) is 1.01. The van der Waals surface area contributed by atoms with Crippen LogP contribution in [0.25, 0.3) is 0 Å². The molecule has 0 fully saturated rings. The molecule has 1 nitrogen and oxygen atoms in total. The molecule has 0 aromatic heterocycles. The summed E-state index contributed by atoms with van der Waals surface area (Å²) in [5.74, 6) is -1.51. The van der Waals surface area contributed by atoms with E-state index in [1.54, 1.807) is 0 Å². The third-order valence-corrected chi connectivity index (χ3v) is 2.01. The molecule has 0 aliphatic heterocycles. The topological polar surface area (TPSA) is 20.2 Å². The number of phenolic OH excluding ortho intramolecular Hbond substituents is 1. The maximum Gasteiger partial charge on any atom is 0.420 e. The van der Waals surface area contributed by atoms with Crippen molar-refractivity contribution in [3.63, 3.8) is 0 Å². The average Bonchev–Trinajstić information content (AvgIpc) is 2.04. The van der Waals surface area contributed by atoms with E-state index in [0.717, 1.165) is 0 Å². The van der Waals surface area contributed by atoms with Gasteiger partial charge in [-0.3, -0.25) is 0 Å². The van der Waals surface area contributed by atoms with Crippen molar-refractivity contribution in [1.82, 2.24) is 0 Å². The molecule has 0 saturated carbocycles. The highest BCUT2D eigenvalue weighted by Crippen LogP contribution is 2.47. The van der Waals surface area contributed by atoms with Gasteiger partial charge in [-0.05, 0) is 12.1 Å². The zero-order chi connectivity index (χ0) is 12.7. The number of aromatic hydroxyl groups is 1. The van der Waals surface area contributed by atoms with Gasteiger partial charge in [0.15, 0.2) is 0 Å². The third kappa shape index (κ3) is 2.34. The van der Waals surface area contributed by atoms with Gasteiger partial charge in [0.1, 0.15) is 11.3 Å². The number of benzene rings is 1. The molecule has 1 N–H and O–H groups in total. The van der Waals surface area contributed by atoms with E-state index < -0.39 is 34.3 Å². The Bertz CT molecular complexity index is 369. The van der Waals surface area contributed by atoms with E-state index in [4.69, 9.17) is 16.7 Å². The van der Waals surface area contributed by atoms with Gasteiger partial charge in [0.05, 0.1) is 10.6 Å². The Hall–Kier alpha value is -1.11. The molecule has 0 spiro atoms. The quantitative estimate of drug-likeness (QED) is 0.700. The van der Waals surface area contributed by atoms with Gasteiger partial charge in [-0.15, -0.1) is 0 Å². The summed E-state index contributed by atoms with van der Waals surface area (Å²) in [4.78, 5) is 0. The highest BCUT2D eigenvalue weighted by atomic mass is 35.5. The molecule has 0 aliphatic carbocycles. The summed E-state index contributed by atoms with van der Waals surface area (Å²) >= 11 is 5.06. The highest BCUT2D eigenvalue weighted by molar-refractivity contribution is 6.31. The predicted octanol–water partition coefficient (Wildman–Crippen LogP) is 4.08. The van der Waals surface area contributed by atoms with E-state index in [0.29, 0.717) is 12.1 Å². The number of hydrogen-bond acceptors (Lipinski definition) is 1. The lowest BCUT2D eigenvalue weighted by molar-refractivity contribution is -0.162. The molecule has 0 bridgehead atoms. The predicted molar refractivity (Wildman–Crippen MR) is 43.1 cm³/mol. The van der Waals surface area contributed by atoms with E-state index in [9.17, 15) is 26.3 Å². The van der Waals surface area contributed by atoms with Crippen LogP contribution in [0.15, 0.2) is 12.1 Å². The first-order chi connectivity index (χ1) is 7.05. The number of phenols is 1. The Balaban J connectivity index is 3.64. The lowest BCUT2D eigenvalue weighted by atomic mass is 10.1. The van der Waals surface area contributed by atoms with Crippen LogP contribution < -0.4 is 0 Å². The summed E-state index contributed by atoms with van der Waals surface area (Å²) in [6.07, 6.45) is -10.6. The fourth-order valence-electron chi connectivity index (χ4n) is 1.13. The maximum atomic E-state index is 12.3. The van der Waals surface area contributed by atoms with Crippen molar-refractivity contribution >= 4 is 11.6 Å². The second kappa shape index (κ2) is 3.73. The van der Waals surface area contributed by atoms with Gasteiger partial charge >= 0.3 is 12.4 Å². The lowest BCUT2D eigenvalue weighted by Gasteiger charge is -2.17. The van der Waals surface area contributed by atoms with Gasteiger partial charge in [0, 0.05) is 0 Å². The van der Waals surface area contributed by atoms with Gasteiger partial charge in [-0.25, -0.2) is 0 Å². The Labute approximate surface area is 90.3 Å². The van der Waals surface area contributed by atoms with E-state index in [-0.39, 0.29) is 0 Å². The lowest BCUT2D eigenvalue weighted by Crippen LogP contribution is -2.17. The van der Waals surface area contributed by atoms with Gasteiger partial charge in [-0.1, -0.05) is 11.6 Å². The van der Waals surface area contributed by atoms with Crippen LogP contribution in [0, 0.1) is 0 Å². The molecule has 8 heteroatoms. The second-order valence-electron chi connectivity index (χ2n) is 2.81. The van der Waals surface area contributed by atoms with Crippen LogP contribution in [-0.2, 0) is 12.4 Å². The highest BCUT2D eigenvalue weighted by Gasteiger charge is 2.46. The minimum atomic E-state index is -5.33. The summed E-state index contributed by atoms with van der Waals surface area (Å²) < 4.78 is 73.9. The van der Waals surface area contributed by atoms with Crippen molar-refractivity contribution < 1.29 is 31.4 Å². The fraction of sp³-hybridized carbons (Fsp3) is 0.250. The summed E-state index contributed by atoms with van der Waals surface area (Å²) in [7, 11) is 0. The number of hydrogen-bond donors (Lipinski definition) is 1. The molecule has 0 radical (unpaired) electrons. The molecular weight excluding hydrogens is 262 g/mol. The number of rotatable bonds is 0. The molecule has 0 saturated heterocycles. The molecule has 0 heterocycles. The van der Waals surface area contributed by atoms with Crippen LogP contribution in [0.5, 0.6) is 5.75 Å². The molecule has 0 amide bonds. The van der Waals surface area contributed by atoms with Crippen LogP contribution >= 0.6 is 11.6 Å². The monoisotopic (exact) mass is 264 g/mol. The minimum absolute atomic E-state index is 0.459. The normalized spacial score (nSPS) is 12.9. The first-order valence-corrected chi connectivity index (χ1v) is 4.09. The molecule has 16 heavy (non-hydrogen) atoms.